The molecular formula is C16H20BrN3. The van der Waals surface area contributed by atoms with E-state index in [1.54, 1.807) is 0 Å². The largest absolute Gasteiger partial charge is 0.374 e. The molecule has 0 atom stereocenters. The molecule has 1 aromatic carbocycles. The molecule has 0 saturated carbocycles. The highest BCUT2D eigenvalue weighted by atomic mass is 79.9. The summed E-state index contributed by atoms with van der Waals surface area (Å²) in [5, 5.41) is 0. The van der Waals surface area contributed by atoms with Gasteiger partial charge in [-0.1, -0.05) is 28.1 Å². The summed E-state index contributed by atoms with van der Waals surface area (Å²) in [6.07, 6.45) is 3.68. The third-order valence-electron chi connectivity index (χ3n) is 3.30. The van der Waals surface area contributed by atoms with Crippen molar-refractivity contribution in [1.29, 1.82) is 0 Å². The molecule has 0 fully saturated rings. The Morgan fingerprint density at radius 1 is 1.20 bits per heavy atom. The van der Waals surface area contributed by atoms with Crippen LogP contribution in [-0.4, -0.2) is 25.1 Å². The highest BCUT2D eigenvalue weighted by Gasteiger charge is 2.08. The third-order valence-corrected chi connectivity index (χ3v) is 3.80. The number of nitrogens with two attached hydrogens (primary N) is 1. The van der Waals surface area contributed by atoms with Crippen molar-refractivity contribution in [1.82, 2.24) is 4.98 Å². The fourth-order valence-electron chi connectivity index (χ4n) is 2.21. The zero-order chi connectivity index (χ0) is 14.4. The monoisotopic (exact) mass is 333 g/mol. The van der Waals surface area contributed by atoms with E-state index in [-0.39, 0.29) is 0 Å². The fourth-order valence-corrected chi connectivity index (χ4v) is 2.56. The minimum absolute atomic E-state index is 0.669. The van der Waals surface area contributed by atoms with Crippen LogP contribution in [0.2, 0.25) is 0 Å². The molecule has 0 spiro atoms. The summed E-state index contributed by atoms with van der Waals surface area (Å²) in [6.45, 7) is 1.60. The lowest BCUT2D eigenvalue weighted by Crippen LogP contribution is -2.22. The van der Waals surface area contributed by atoms with E-state index >= 15 is 0 Å². The van der Waals surface area contributed by atoms with Crippen molar-refractivity contribution in [3.63, 3.8) is 0 Å². The fraction of sp³-hybridized carbons (Fsp3) is 0.312. The molecule has 2 rings (SSSR count). The normalized spacial score (nSPS) is 10.6. The lowest BCUT2D eigenvalue weighted by Gasteiger charge is -2.22. The smallest absolute Gasteiger partial charge is 0.0421 e. The molecule has 20 heavy (non-hydrogen) atoms. The summed E-state index contributed by atoms with van der Waals surface area (Å²) < 4.78 is 1.10. The summed E-state index contributed by atoms with van der Waals surface area (Å²) in [7, 11) is 2.12. The molecule has 0 amide bonds. The summed E-state index contributed by atoms with van der Waals surface area (Å²) in [5.74, 6) is 0. The Kier molecular flexibility index (Phi) is 5.56. The summed E-state index contributed by atoms with van der Waals surface area (Å²) in [6, 6.07) is 12.4. The van der Waals surface area contributed by atoms with E-state index in [2.05, 4.69) is 57.1 Å². The van der Waals surface area contributed by atoms with Crippen molar-refractivity contribution in [2.75, 3.05) is 25.0 Å². The van der Waals surface area contributed by atoms with Crippen LogP contribution in [0.25, 0.3) is 0 Å². The average Bonchev–Trinajstić information content (AvgIpc) is 2.48. The Balaban J connectivity index is 2.08. The SMILES string of the molecule is CN(CCc1ccccn1)c1cc(Br)ccc1CCN. The Labute approximate surface area is 129 Å². The zero-order valence-corrected chi connectivity index (χ0v) is 13.3. The minimum Gasteiger partial charge on any atom is -0.374 e. The first-order chi connectivity index (χ1) is 9.70. The van der Waals surface area contributed by atoms with Crippen LogP contribution in [0.4, 0.5) is 5.69 Å². The predicted molar refractivity (Wildman–Crippen MR) is 88.1 cm³/mol. The minimum atomic E-state index is 0.669. The molecular weight excluding hydrogens is 314 g/mol. The van der Waals surface area contributed by atoms with Crippen molar-refractivity contribution in [2.45, 2.75) is 12.8 Å². The number of anilines is 1. The highest BCUT2D eigenvalue weighted by molar-refractivity contribution is 9.10. The highest BCUT2D eigenvalue weighted by Crippen LogP contribution is 2.25. The first-order valence-corrected chi connectivity index (χ1v) is 7.59. The number of likely N-dealkylation sites (N-methyl/N-ethyl adjacent to an activating group) is 1. The lowest BCUT2D eigenvalue weighted by molar-refractivity contribution is 0.841. The summed E-state index contributed by atoms with van der Waals surface area (Å²) in [5.41, 5.74) is 9.34. The number of halogens is 1. The molecule has 0 aliphatic rings. The number of aromatic nitrogens is 1. The molecule has 106 valence electrons. The molecule has 0 radical (unpaired) electrons. The van der Waals surface area contributed by atoms with Crippen molar-refractivity contribution in [3.8, 4) is 0 Å². The second-order valence-corrected chi connectivity index (χ2v) is 5.72. The van der Waals surface area contributed by atoms with Gasteiger partial charge in [-0.25, -0.2) is 0 Å². The molecule has 2 N–H and O–H groups in total. The molecule has 3 nitrogen and oxygen atoms in total. The van der Waals surface area contributed by atoms with Crippen LogP contribution in [0.5, 0.6) is 0 Å². The van der Waals surface area contributed by atoms with Crippen LogP contribution in [-0.2, 0) is 12.8 Å². The molecule has 1 heterocycles. The number of hydrogen-bond acceptors (Lipinski definition) is 3. The van der Waals surface area contributed by atoms with Gasteiger partial charge in [0.1, 0.15) is 0 Å². The van der Waals surface area contributed by atoms with Crippen molar-refractivity contribution in [2.24, 2.45) is 5.73 Å². The molecule has 0 aliphatic heterocycles. The second kappa shape index (κ2) is 7.41. The Bertz CT molecular complexity index is 543. The van der Waals surface area contributed by atoms with Gasteiger partial charge in [0.05, 0.1) is 0 Å². The third kappa shape index (κ3) is 4.05. The van der Waals surface area contributed by atoms with Gasteiger partial charge in [-0.3, -0.25) is 4.98 Å². The van der Waals surface area contributed by atoms with E-state index in [4.69, 9.17) is 5.73 Å². The standard InChI is InChI=1S/C16H20BrN3/c1-20(11-8-15-4-2-3-10-19-15)16-12-14(17)6-5-13(16)7-9-18/h2-6,10,12H,7-9,11,18H2,1H3. The molecule has 0 bridgehead atoms. The predicted octanol–water partition coefficient (Wildman–Crippen LogP) is 3.02. The number of hydrogen-bond donors (Lipinski definition) is 1. The van der Waals surface area contributed by atoms with Gasteiger partial charge in [0.15, 0.2) is 0 Å². The van der Waals surface area contributed by atoms with Gasteiger partial charge in [-0.05, 0) is 42.8 Å². The topological polar surface area (TPSA) is 42.2 Å². The Hall–Kier alpha value is -1.39. The zero-order valence-electron chi connectivity index (χ0n) is 11.7. The molecule has 0 unspecified atom stereocenters. The van der Waals surface area contributed by atoms with E-state index < -0.39 is 0 Å². The number of nitrogens with zero attached hydrogens (tertiary/aromatic N) is 2. The van der Waals surface area contributed by atoms with E-state index in [1.165, 1.54) is 11.3 Å². The van der Waals surface area contributed by atoms with Gasteiger partial charge in [0.2, 0.25) is 0 Å². The second-order valence-electron chi connectivity index (χ2n) is 4.80. The first-order valence-electron chi connectivity index (χ1n) is 6.80. The van der Waals surface area contributed by atoms with Crippen LogP contribution in [0, 0.1) is 0 Å². The molecule has 1 aromatic heterocycles. The van der Waals surface area contributed by atoms with Crippen LogP contribution in [0.15, 0.2) is 47.1 Å². The van der Waals surface area contributed by atoms with Gasteiger partial charge < -0.3 is 10.6 Å². The van der Waals surface area contributed by atoms with Gasteiger partial charge in [-0.15, -0.1) is 0 Å². The maximum atomic E-state index is 5.69. The summed E-state index contributed by atoms with van der Waals surface area (Å²) in [4.78, 5) is 6.63. The number of benzene rings is 1. The van der Waals surface area contributed by atoms with Crippen LogP contribution >= 0.6 is 15.9 Å². The van der Waals surface area contributed by atoms with Crippen molar-refractivity contribution in [3.05, 3.63) is 58.3 Å². The number of pyridine rings is 1. The Morgan fingerprint density at radius 3 is 2.75 bits per heavy atom. The van der Waals surface area contributed by atoms with Crippen LogP contribution in [0.3, 0.4) is 0 Å². The van der Waals surface area contributed by atoms with E-state index in [9.17, 15) is 0 Å². The van der Waals surface area contributed by atoms with Gasteiger partial charge in [0, 0.05) is 42.1 Å². The van der Waals surface area contributed by atoms with Crippen molar-refractivity contribution < 1.29 is 0 Å². The van der Waals surface area contributed by atoms with Crippen molar-refractivity contribution >= 4 is 21.6 Å². The quantitative estimate of drug-likeness (QED) is 0.883. The van der Waals surface area contributed by atoms with Gasteiger partial charge >= 0.3 is 0 Å². The maximum absolute atomic E-state index is 5.69. The first kappa shape index (κ1) is 15.0. The average molecular weight is 334 g/mol. The molecule has 2 aromatic rings. The van der Waals surface area contributed by atoms with Crippen LogP contribution < -0.4 is 10.6 Å². The molecule has 4 heteroatoms. The lowest BCUT2D eigenvalue weighted by atomic mass is 10.1. The van der Waals surface area contributed by atoms with Crippen LogP contribution in [0.1, 0.15) is 11.3 Å². The van der Waals surface area contributed by atoms with E-state index in [0.29, 0.717) is 6.54 Å². The maximum Gasteiger partial charge on any atom is 0.0421 e. The number of rotatable bonds is 6. The van der Waals surface area contributed by atoms with E-state index in [1.807, 2.05) is 18.3 Å². The Morgan fingerprint density at radius 2 is 2.05 bits per heavy atom. The molecule has 0 aliphatic carbocycles. The van der Waals surface area contributed by atoms with Gasteiger partial charge in [0.25, 0.3) is 0 Å². The molecule has 0 saturated heterocycles. The summed E-state index contributed by atoms with van der Waals surface area (Å²) >= 11 is 3.54. The van der Waals surface area contributed by atoms with Gasteiger partial charge in [-0.2, -0.15) is 0 Å². The van der Waals surface area contributed by atoms with E-state index in [0.717, 1.165) is 29.6 Å².